The van der Waals surface area contributed by atoms with Crippen LogP contribution in [0.4, 0.5) is 13.2 Å². The van der Waals surface area contributed by atoms with E-state index in [4.69, 9.17) is 14.6 Å². The number of aliphatic hydroxyl groups is 2. The minimum atomic E-state index is -4.54. The number of thioether (sulfide) groups is 1. The third-order valence-corrected chi connectivity index (χ3v) is 10.5. The molecule has 2 atom stereocenters. The number of fused-ring (bicyclic) bond motifs is 1. The lowest BCUT2D eigenvalue weighted by atomic mass is 10.0. The third kappa shape index (κ3) is 8.33. The van der Waals surface area contributed by atoms with Crippen molar-refractivity contribution in [1.29, 1.82) is 0 Å². The van der Waals surface area contributed by atoms with Crippen LogP contribution in [0.15, 0.2) is 23.1 Å². The summed E-state index contributed by atoms with van der Waals surface area (Å²) in [5, 5.41) is 25.2. The van der Waals surface area contributed by atoms with Crippen LogP contribution in [-0.2, 0) is 45.2 Å². The number of benzene rings is 1. The first-order valence-electron chi connectivity index (χ1n) is 14.7. The van der Waals surface area contributed by atoms with Crippen LogP contribution in [-0.4, -0.2) is 139 Å². The predicted octanol–water partition coefficient (Wildman–Crippen LogP) is 1.36. The molecule has 2 saturated heterocycles. The monoisotopic (exact) mass is 663 g/mol. The van der Waals surface area contributed by atoms with Gasteiger partial charge in [-0.05, 0) is 12.1 Å². The van der Waals surface area contributed by atoms with E-state index in [0.29, 0.717) is 75.0 Å². The second kappa shape index (κ2) is 14.3. The SMILES string of the molecule is CS(=O)(=O)N1CCc2c(c(-c3ccc(C(F)(F)F)c(SCCN4CCOCC4)c3)nn2CC(O)CN2CCOC(CO)C2)C1. The molecule has 1 aromatic heterocycles. The van der Waals surface area contributed by atoms with Crippen molar-refractivity contribution < 1.29 is 41.3 Å². The summed E-state index contributed by atoms with van der Waals surface area (Å²) in [6.07, 6.45) is -4.19. The van der Waals surface area contributed by atoms with Gasteiger partial charge in [-0.3, -0.25) is 14.5 Å². The Hall–Kier alpha value is -1.76. The zero-order valence-corrected chi connectivity index (χ0v) is 26.3. The number of hydrogen-bond acceptors (Lipinski definition) is 10. The van der Waals surface area contributed by atoms with Gasteiger partial charge in [0.2, 0.25) is 10.0 Å². The Kier molecular flexibility index (Phi) is 11.0. The number of aliphatic hydroxyl groups excluding tert-OH is 2. The van der Waals surface area contributed by atoms with Crippen molar-refractivity contribution >= 4 is 21.8 Å². The van der Waals surface area contributed by atoms with Crippen LogP contribution in [0.5, 0.6) is 0 Å². The Morgan fingerprint density at radius 1 is 1.11 bits per heavy atom. The van der Waals surface area contributed by atoms with E-state index in [1.807, 2.05) is 4.90 Å². The molecule has 0 spiro atoms. The van der Waals surface area contributed by atoms with E-state index in [1.165, 1.54) is 16.4 Å². The summed E-state index contributed by atoms with van der Waals surface area (Å²) in [5.41, 5.74) is 1.54. The molecule has 1 aromatic carbocycles. The molecule has 3 aliphatic heterocycles. The fraction of sp³-hybridized carbons (Fsp3) is 0.679. The van der Waals surface area contributed by atoms with Crippen LogP contribution in [0.3, 0.4) is 0 Å². The van der Waals surface area contributed by atoms with Gasteiger partial charge in [-0.15, -0.1) is 11.8 Å². The summed E-state index contributed by atoms with van der Waals surface area (Å²) < 4.78 is 80.8. The molecule has 2 N–H and O–H groups in total. The second-order valence-corrected chi connectivity index (χ2v) is 14.5. The van der Waals surface area contributed by atoms with Gasteiger partial charge in [-0.2, -0.15) is 22.6 Å². The summed E-state index contributed by atoms with van der Waals surface area (Å²) in [7, 11) is -3.52. The van der Waals surface area contributed by atoms with E-state index < -0.39 is 27.9 Å². The number of morpholine rings is 2. The molecule has 11 nitrogen and oxygen atoms in total. The number of sulfonamides is 1. The largest absolute Gasteiger partial charge is 0.417 e. The van der Waals surface area contributed by atoms with Gasteiger partial charge in [-0.25, -0.2) is 8.42 Å². The highest BCUT2D eigenvalue weighted by Crippen LogP contribution is 2.40. The lowest BCUT2D eigenvalue weighted by Gasteiger charge is -2.33. The van der Waals surface area contributed by atoms with Crippen LogP contribution >= 0.6 is 11.8 Å². The summed E-state index contributed by atoms with van der Waals surface area (Å²) in [6.45, 7) is 5.49. The highest BCUT2D eigenvalue weighted by molar-refractivity contribution is 7.99. The maximum atomic E-state index is 14.0. The summed E-state index contributed by atoms with van der Waals surface area (Å²) in [6, 6.07) is 3.96. The molecule has 246 valence electrons. The van der Waals surface area contributed by atoms with Crippen LogP contribution < -0.4 is 0 Å². The van der Waals surface area contributed by atoms with Gasteiger partial charge in [0.15, 0.2) is 0 Å². The van der Waals surface area contributed by atoms with Crippen molar-refractivity contribution in [2.24, 2.45) is 0 Å². The quantitative estimate of drug-likeness (QED) is 0.341. The maximum absolute atomic E-state index is 14.0. The summed E-state index contributed by atoms with van der Waals surface area (Å²) in [4.78, 5) is 4.26. The molecule has 0 radical (unpaired) electrons. The van der Waals surface area contributed by atoms with Gasteiger partial charge in [0.1, 0.15) is 0 Å². The standard InChI is InChI=1S/C28H40F3N5O6S2/c1-44(39,40)35-5-4-25-23(18-35)27(32-36(25)16-21(38)15-34-8-12-42-22(17-34)19-37)20-2-3-24(28(29,30)31)26(14-20)43-13-9-33-6-10-41-11-7-33/h2-3,14,21-22,37-38H,4-13,15-19H2,1H3. The maximum Gasteiger partial charge on any atom is 0.417 e. The van der Waals surface area contributed by atoms with Gasteiger partial charge < -0.3 is 19.7 Å². The lowest BCUT2D eigenvalue weighted by molar-refractivity contribution is -0.139. The van der Waals surface area contributed by atoms with E-state index in [2.05, 4.69) is 4.90 Å². The number of rotatable bonds is 11. The molecule has 2 aromatic rings. The third-order valence-electron chi connectivity index (χ3n) is 8.18. The highest BCUT2D eigenvalue weighted by atomic mass is 32.2. The summed E-state index contributed by atoms with van der Waals surface area (Å²) >= 11 is 1.14. The van der Waals surface area contributed by atoms with Gasteiger partial charge in [-0.1, -0.05) is 6.07 Å². The number of ether oxygens (including phenoxy) is 2. The fourth-order valence-electron chi connectivity index (χ4n) is 5.88. The fourth-order valence-corrected chi connectivity index (χ4v) is 7.78. The molecule has 5 rings (SSSR count). The molecule has 3 aliphatic rings. The van der Waals surface area contributed by atoms with Gasteiger partial charge in [0.25, 0.3) is 0 Å². The van der Waals surface area contributed by atoms with E-state index in [9.17, 15) is 31.8 Å². The zero-order valence-electron chi connectivity index (χ0n) is 24.7. The number of nitrogens with zero attached hydrogens (tertiary/aromatic N) is 5. The normalized spacial score (nSPS) is 21.8. The number of alkyl halides is 3. The van der Waals surface area contributed by atoms with Gasteiger partial charge in [0, 0.05) is 86.2 Å². The van der Waals surface area contributed by atoms with Crippen LogP contribution in [0.2, 0.25) is 0 Å². The van der Waals surface area contributed by atoms with E-state index in [0.717, 1.165) is 42.9 Å². The lowest BCUT2D eigenvalue weighted by Crippen LogP contribution is -2.47. The minimum absolute atomic E-state index is 0.0434. The van der Waals surface area contributed by atoms with E-state index in [1.54, 1.807) is 4.68 Å². The Balaban J connectivity index is 1.42. The molecule has 0 saturated carbocycles. The smallest absolute Gasteiger partial charge is 0.394 e. The average molecular weight is 664 g/mol. The molecule has 16 heteroatoms. The first-order chi connectivity index (χ1) is 20.9. The molecular weight excluding hydrogens is 623 g/mol. The molecule has 0 amide bonds. The molecule has 0 bridgehead atoms. The minimum Gasteiger partial charge on any atom is -0.394 e. The van der Waals surface area contributed by atoms with Crippen LogP contribution in [0, 0.1) is 0 Å². The topological polar surface area (TPSA) is 121 Å². The van der Waals surface area contributed by atoms with Crippen molar-refractivity contribution in [3.8, 4) is 11.3 Å². The van der Waals surface area contributed by atoms with Crippen molar-refractivity contribution in [2.75, 3.05) is 84.2 Å². The Morgan fingerprint density at radius 3 is 2.57 bits per heavy atom. The van der Waals surface area contributed by atoms with Gasteiger partial charge in [0.05, 0.1) is 62.7 Å². The molecule has 44 heavy (non-hydrogen) atoms. The zero-order chi connectivity index (χ0) is 31.5. The van der Waals surface area contributed by atoms with Crippen LogP contribution in [0.1, 0.15) is 16.8 Å². The van der Waals surface area contributed by atoms with Crippen molar-refractivity contribution in [1.82, 2.24) is 23.9 Å². The number of halogens is 3. The van der Waals surface area contributed by atoms with Crippen LogP contribution in [0.25, 0.3) is 11.3 Å². The Labute approximate surface area is 259 Å². The predicted molar refractivity (Wildman–Crippen MR) is 159 cm³/mol. The highest BCUT2D eigenvalue weighted by Gasteiger charge is 2.35. The molecule has 2 fully saturated rings. The Bertz CT molecular complexity index is 1390. The summed E-state index contributed by atoms with van der Waals surface area (Å²) in [5.74, 6) is 0.464. The first-order valence-corrected chi connectivity index (χ1v) is 17.6. The van der Waals surface area contributed by atoms with Crippen molar-refractivity contribution in [3.63, 3.8) is 0 Å². The van der Waals surface area contributed by atoms with Crippen molar-refractivity contribution in [2.45, 2.75) is 42.8 Å². The molecule has 2 unspecified atom stereocenters. The number of hydrogen-bond donors (Lipinski definition) is 2. The van der Waals surface area contributed by atoms with E-state index in [-0.39, 0.29) is 37.2 Å². The average Bonchev–Trinajstić information content (AvgIpc) is 3.34. The first kappa shape index (κ1) is 33.6. The molecule has 0 aliphatic carbocycles. The van der Waals surface area contributed by atoms with Crippen molar-refractivity contribution in [3.05, 3.63) is 35.0 Å². The van der Waals surface area contributed by atoms with Gasteiger partial charge >= 0.3 is 6.18 Å². The van der Waals surface area contributed by atoms with E-state index >= 15 is 0 Å². The number of β-amino-alcohol motifs (C(OH)–C–C–N with tert-alkyl or cyclic N) is 1. The number of aromatic nitrogens is 2. The molecular formula is C28H40F3N5O6S2. The second-order valence-electron chi connectivity index (χ2n) is 11.4. The molecule has 4 heterocycles. The Morgan fingerprint density at radius 2 is 1.86 bits per heavy atom.